The van der Waals surface area contributed by atoms with E-state index in [0.717, 1.165) is 15.7 Å². The van der Waals surface area contributed by atoms with E-state index in [2.05, 4.69) is 0 Å². The number of aromatic hydroxyl groups is 1. The van der Waals surface area contributed by atoms with E-state index in [4.69, 9.17) is 0 Å². The third-order valence-corrected chi connectivity index (χ3v) is 6.87. The lowest BCUT2D eigenvalue weighted by Crippen LogP contribution is -2.40. The van der Waals surface area contributed by atoms with Crippen LogP contribution < -0.4 is 11.4 Å². The number of hydrogen-bond acceptors (Lipinski definition) is 5. The van der Waals surface area contributed by atoms with Crippen molar-refractivity contribution in [3.8, 4) is 5.75 Å². The Labute approximate surface area is 183 Å². The molecule has 8 nitrogen and oxygen atoms in total. The van der Waals surface area contributed by atoms with Crippen LogP contribution >= 0.6 is 0 Å². The van der Waals surface area contributed by atoms with Crippen molar-refractivity contribution in [3.63, 3.8) is 0 Å². The van der Waals surface area contributed by atoms with Gasteiger partial charge < -0.3 is 5.11 Å². The molecule has 0 fully saturated rings. The van der Waals surface area contributed by atoms with Gasteiger partial charge in [-0.05, 0) is 49.1 Å². The Balaban J connectivity index is 1.81. The van der Waals surface area contributed by atoms with Gasteiger partial charge in [0.1, 0.15) is 5.75 Å². The molecule has 1 aromatic carbocycles. The molecule has 0 radical (unpaired) electrons. The number of rotatable bonds is 1. The minimum Gasteiger partial charge on any atom is -0.507 e. The molecule has 0 amide bonds. The summed E-state index contributed by atoms with van der Waals surface area (Å²) >= 11 is 0. The molecule has 2 aromatic rings. The molecular weight excluding hydrogens is 410 g/mol. The number of phenols is 1. The summed E-state index contributed by atoms with van der Waals surface area (Å²) in [5.41, 5.74) is 3.23. The van der Waals surface area contributed by atoms with Crippen molar-refractivity contribution in [1.29, 1.82) is 0 Å². The van der Waals surface area contributed by atoms with Crippen LogP contribution in [0.2, 0.25) is 0 Å². The molecule has 32 heavy (non-hydrogen) atoms. The van der Waals surface area contributed by atoms with Crippen LogP contribution in [-0.4, -0.2) is 30.6 Å². The maximum absolute atomic E-state index is 13.2. The fraction of sp³-hybridized carbons (Fsp3) is 0.333. The number of ketones is 2. The van der Waals surface area contributed by atoms with Crippen molar-refractivity contribution in [2.75, 3.05) is 0 Å². The van der Waals surface area contributed by atoms with Crippen molar-refractivity contribution in [3.05, 3.63) is 84.2 Å². The van der Waals surface area contributed by atoms with Gasteiger partial charge in [0.15, 0.2) is 11.6 Å². The molecular formula is C24H23N3O5. The zero-order valence-corrected chi connectivity index (χ0v) is 18.3. The fourth-order valence-corrected chi connectivity index (χ4v) is 5.30. The molecule has 2 atom stereocenters. The Kier molecular flexibility index (Phi) is 4.21. The first-order valence-corrected chi connectivity index (χ1v) is 10.5. The Morgan fingerprint density at radius 1 is 1.00 bits per heavy atom. The topological polar surface area (TPSA) is 103 Å². The standard InChI is InChI=1S/C24H23N3O5/c1-11-7-14(8-12(2)21(11)29)19-15-5-6-26-23(31)25(4)24(32)27(26)17(15)10-16-20(19)18(28)9-13(3)22(16)30/h5,7-9,17,19,29H,6,10H2,1-4H3. The Hall–Kier alpha value is -3.68. The lowest BCUT2D eigenvalue weighted by Gasteiger charge is -2.39. The maximum Gasteiger partial charge on any atom is 0.347 e. The van der Waals surface area contributed by atoms with Gasteiger partial charge in [-0.2, -0.15) is 0 Å². The Bertz CT molecular complexity index is 1430. The van der Waals surface area contributed by atoms with Gasteiger partial charge in [0.05, 0.1) is 12.6 Å². The molecule has 0 saturated carbocycles. The zero-order chi connectivity index (χ0) is 23.1. The maximum atomic E-state index is 13.2. The zero-order valence-electron chi connectivity index (χ0n) is 18.3. The third-order valence-electron chi connectivity index (χ3n) is 6.87. The number of hydrogen-bond donors (Lipinski definition) is 1. The van der Waals surface area contributed by atoms with Gasteiger partial charge in [0, 0.05) is 36.1 Å². The number of benzene rings is 1. The van der Waals surface area contributed by atoms with E-state index in [-0.39, 0.29) is 30.3 Å². The molecule has 0 saturated heterocycles. The minimum atomic E-state index is -0.550. The highest BCUT2D eigenvalue weighted by atomic mass is 16.3. The monoisotopic (exact) mass is 433 g/mol. The van der Waals surface area contributed by atoms with Gasteiger partial charge in [-0.25, -0.2) is 23.5 Å². The number of aromatic nitrogens is 3. The number of fused-ring (bicyclic) bond motifs is 3. The van der Waals surface area contributed by atoms with Gasteiger partial charge in [0.2, 0.25) is 0 Å². The van der Waals surface area contributed by atoms with Gasteiger partial charge in [-0.1, -0.05) is 18.2 Å². The summed E-state index contributed by atoms with van der Waals surface area (Å²) in [5.74, 6) is -0.783. The highest BCUT2D eigenvalue weighted by Gasteiger charge is 2.44. The van der Waals surface area contributed by atoms with Gasteiger partial charge in [0.25, 0.3) is 0 Å². The molecule has 1 aliphatic heterocycles. The quantitative estimate of drug-likeness (QED) is 0.545. The van der Waals surface area contributed by atoms with E-state index >= 15 is 0 Å². The van der Waals surface area contributed by atoms with Crippen LogP contribution in [-0.2, 0) is 23.2 Å². The van der Waals surface area contributed by atoms with Gasteiger partial charge in [-0.3, -0.25) is 9.59 Å². The van der Waals surface area contributed by atoms with E-state index in [9.17, 15) is 24.3 Å². The summed E-state index contributed by atoms with van der Waals surface area (Å²) in [7, 11) is 1.43. The molecule has 2 heterocycles. The number of allylic oxidation sites excluding steroid dienone is 6. The number of Topliss-reactive ketones (excluding diaryl/α,β-unsaturated/α-hetero) is 1. The Morgan fingerprint density at radius 3 is 2.31 bits per heavy atom. The second-order valence-electron chi connectivity index (χ2n) is 8.82. The predicted molar refractivity (Wildman–Crippen MR) is 117 cm³/mol. The van der Waals surface area contributed by atoms with E-state index in [1.54, 1.807) is 20.8 Å². The van der Waals surface area contributed by atoms with Crippen LogP contribution in [0.1, 0.15) is 42.0 Å². The van der Waals surface area contributed by atoms with Crippen LogP contribution in [0.15, 0.2) is 56.2 Å². The lowest BCUT2D eigenvalue weighted by atomic mass is 9.67. The second kappa shape index (κ2) is 6.66. The van der Waals surface area contributed by atoms with Crippen LogP contribution in [0.3, 0.4) is 0 Å². The summed E-state index contributed by atoms with van der Waals surface area (Å²) in [5, 5.41) is 10.3. The molecule has 0 bridgehead atoms. The number of carbonyl (C=O) groups excluding carboxylic acids is 2. The Morgan fingerprint density at radius 2 is 1.66 bits per heavy atom. The van der Waals surface area contributed by atoms with E-state index in [1.165, 1.54) is 22.5 Å². The first-order chi connectivity index (χ1) is 15.1. The highest BCUT2D eigenvalue weighted by Crippen LogP contribution is 2.50. The molecule has 8 heteroatoms. The molecule has 0 spiro atoms. The molecule has 1 aromatic heterocycles. The SMILES string of the molecule is CC1=CC(=O)C2=C(CC3C(=CCn4c(=O)n(C)c(=O)n43)C2c2cc(C)c(O)c(C)c2)C1=O. The smallest absolute Gasteiger partial charge is 0.347 e. The van der Waals surface area contributed by atoms with Crippen LogP contribution in [0, 0.1) is 13.8 Å². The summed E-state index contributed by atoms with van der Waals surface area (Å²) in [6.07, 6.45) is 3.44. The molecule has 2 unspecified atom stereocenters. The predicted octanol–water partition coefficient (Wildman–Crippen LogP) is 1.73. The third kappa shape index (κ3) is 2.55. The molecule has 5 rings (SSSR count). The van der Waals surface area contributed by atoms with E-state index in [0.29, 0.717) is 27.8 Å². The second-order valence-corrected chi connectivity index (χ2v) is 8.82. The van der Waals surface area contributed by atoms with Crippen LogP contribution in [0.4, 0.5) is 0 Å². The van der Waals surface area contributed by atoms with Crippen molar-refractivity contribution in [2.45, 2.75) is 45.7 Å². The molecule has 1 N–H and O–H groups in total. The molecule has 3 aliphatic rings. The normalized spacial score (nSPS) is 22.2. The summed E-state index contributed by atoms with van der Waals surface area (Å²) in [6.45, 7) is 5.39. The van der Waals surface area contributed by atoms with Crippen molar-refractivity contribution >= 4 is 11.6 Å². The molecule has 164 valence electrons. The van der Waals surface area contributed by atoms with Gasteiger partial charge in [-0.15, -0.1) is 0 Å². The first-order valence-electron chi connectivity index (χ1n) is 10.5. The van der Waals surface area contributed by atoms with E-state index < -0.39 is 23.3 Å². The average Bonchev–Trinajstić information content (AvgIpc) is 2.98. The van der Waals surface area contributed by atoms with Gasteiger partial charge >= 0.3 is 11.4 Å². The fourth-order valence-electron chi connectivity index (χ4n) is 5.30. The van der Waals surface area contributed by atoms with Crippen molar-refractivity contribution < 1.29 is 14.7 Å². The number of aryl methyl sites for hydroxylation is 2. The summed E-state index contributed by atoms with van der Waals surface area (Å²) in [4.78, 5) is 51.7. The summed E-state index contributed by atoms with van der Waals surface area (Å²) < 4.78 is 3.85. The lowest BCUT2D eigenvalue weighted by molar-refractivity contribution is -0.116. The number of carbonyl (C=O) groups is 2. The first kappa shape index (κ1) is 20.2. The number of phenolic OH excluding ortho intramolecular Hbond substituents is 1. The van der Waals surface area contributed by atoms with Crippen LogP contribution in [0.5, 0.6) is 5.75 Å². The average molecular weight is 433 g/mol. The minimum absolute atomic E-state index is 0.173. The summed E-state index contributed by atoms with van der Waals surface area (Å²) in [6, 6.07) is 3.09. The highest BCUT2D eigenvalue weighted by molar-refractivity contribution is 6.23. The van der Waals surface area contributed by atoms with Crippen molar-refractivity contribution in [2.24, 2.45) is 7.05 Å². The van der Waals surface area contributed by atoms with E-state index in [1.807, 2.05) is 18.2 Å². The van der Waals surface area contributed by atoms with Crippen LogP contribution in [0.25, 0.3) is 0 Å². The molecule has 2 aliphatic carbocycles. The van der Waals surface area contributed by atoms with Crippen molar-refractivity contribution in [1.82, 2.24) is 13.9 Å². The largest absolute Gasteiger partial charge is 0.507 e. The number of nitrogens with zero attached hydrogens (tertiary/aromatic N) is 3.